The first-order valence-electron chi connectivity index (χ1n) is 7.12. The highest BCUT2D eigenvalue weighted by Gasteiger charge is 2.17. The van der Waals surface area contributed by atoms with Gasteiger partial charge in [-0.2, -0.15) is 0 Å². The monoisotopic (exact) mass is 287 g/mol. The van der Waals surface area contributed by atoms with Crippen molar-refractivity contribution in [3.05, 3.63) is 64.5 Å². The molecule has 0 radical (unpaired) electrons. The smallest absolute Gasteiger partial charge is 0.123 e. The SMILES string of the molecule is CNC(Cc1cc(C)ccc1C)c1cc(F)ccc1OC. The molecule has 2 aromatic rings. The fourth-order valence-electron chi connectivity index (χ4n) is 2.59. The predicted octanol–water partition coefficient (Wildman–Crippen LogP) is 3.95. The molecule has 0 aromatic heterocycles. The molecular weight excluding hydrogens is 265 g/mol. The predicted molar refractivity (Wildman–Crippen MR) is 84.4 cm³/mol. The lowest BCUT2D eigenvalue weighted by Gasteiger charge is -2.21. The van der Waals surface area contributed by atoms with Crippen molar-refractivity contribution >= 4 is 0 Å². The number of ether oxygens (including phenoxy) is 1. The van der Waals surface area contributed by atoms with Gasteiger partial charge in [-0.15, -0.1) is 0 Å². The van der Waals surface area contributed by atoms with Crippen molar-refractivity contribution in [1.82, 2.24) is 5.32 Å². The highest BCUT2D eigenvalue weighted by Crippen LogP contribution is 2.29. The molecule has 0 amide bonds. The highest BCUT2D eigenvalue weighted by atomic mass is 19.1. The van der Waals surface area contributed by atoms with Crippen molar-refractivity contribution in [3.8, 4) is 5.75 Å². The number of methoxy groups -OCH3 is 1. The van der Waals surface area contributed by atoms with Crippen LogP contribution in [0, 0.1) is 19.7 Å². The minimum atomic E-state index is -0.244. The molecule has 2 rings (SSSR count). The molecule has 0 saturated heterocycles. The van der Waals surface area contributed by atoms with E-state index < -0.39 is 0 Å². The van der Waals surface area contributed by atoms with Crippen molar-refractivity contribution in [3.63, 3.8) is 0 Å². The summed E-state index contributed by atoms with van der Waals surface area (Å²) in [5, 5.41) is 3.27. The van der Waals surface area contributed by atoms with Gasteiger partial charge in [0.2, 0.25) is 0 Å². The third-order valence-corrected chi connectivity index (χ3v) is 3.84. The Labute approximate surface area is 126 Å². The Morgan fingerprint density at radius 2 is 1.90 bits per heavy atom. The Hall–Kier alpha value is -1.87. The molecule has 0 saturated carbocycles. The molecule has 0 bridgehead atoms. The quantitative estimate of drug-likeness (QED) is 0.899. The van der Waals surface area contributed by atoms with E-state index in [2.05, 4.69) is 37.4 Å². The van der Waals surface area contributed by atoms with Gasteiger partial charge in [-0.05, 0) is 56.6 Å². The van der Waals surface area contributed by atoms with Gasteiger partial charge in [0.15, 0.2) is 0 Å². The van der Waals surface area contributed by atoms with E-state index in [0.29, 0.717) is 5.75 Å². The van der Waals surface area contributed by atoms with E-state index in [1.165, 1.54) is 22.8 Å². The van der Waals surface area contributed by atoms with Crippen LogP contribution in [-0.4, -0.2) is 14.2 Å². The summed E-state index contributed by atoms with van der Waals surface area (Å²) in [6, 6.07) is 11.1. The summed E-state index contributed by atoms with van der Waals surface area (Å²) in [4.78, 5) is 0. The molecule has 112 valence electrons. The molecule has 1 N–H and O–H groups in total. The zero-order valence-corrected chi connectivity index (χ0v) is 13.0. The molecular formula is C18H22FNO. The maximum atomic E-state index is 13.6. The van der Waals surface area contributed by atoms with Crippen molar-refractivity contribution < 1.29 is 9.13 Å². The first-order chi connectivity index (χ1) is 10.0. The number of hydrogen-bond donors (Lipinski definition) is 1. The van der Waals surface area contributed by atoms with E-state index in [0.717, 1.165) is 12.0 Å². The fraction of sp³-hybridized carbons (Fsp3) is 0.333. The number of hydrogen-bond acceptors (Lipinski definition) is 2. The average Bonchev–Trinajstić information content (AvgIpc) is 2.48. The Morgan fingerprint density at radius 3 is 2.57 bits per heavy atom. The van der Waals surface area contributed by atoms with Gasteiger partial charge in [0.05, 0.1) is 7.11 Å². The highest BCUT2D eigenvalue weighted by molar-refractivity contribution is 5.39. The van der Waals surface area contributed by atoms with Crippen LogP contribution in [0.2, 0.25) is 0 Å². The third-order valence-electron chi connectivity index (χ3n) is 3.84. The Kier molecular flexibility index (Phi) is 4.97. The lowest BCUT2D eigenvalue weighted by atomic mass is 9.94. The van der Waals surface area contributed by atoms with E-state index in [-0.39, 0.29) is 11.9 Å². The molecule has 2 nitrogen and oxygen atoms in total. The second-order valence-corrected chi connectivity index (χ2v) is 5.36. The van der Waals surface area contributed by atoms with Crippen LogP contribution in [0.5, 0.6) is 5.75 Å². The Balaban J connectivity index is 2.36. The molecule has 1 atom stereocenters. The number of rotatable bonds is 5. The van der Waals surface area contributed by atoms with Crippen LogP contribution in [0.3, 0.4) is 0 Å². The Bertz CT molecular complexity index is 625. The van der Waals surface area contributed by atoms with Crippen molar-refractivity contribution in [2.75, 3.05) is 14.2 Å². The molecule has 0 heterocycles. The van der Waals surface area contributed by atoms with Gasteiger partial charge in [0.1, 0.15) is 11.6 Å². The summed E-state index contributed by atoms with van der Waals surface area (Å²) < 4.78 is 18.9. The summed E-state index contributed by atoms with van der Waals surface area (Å²) in [5.74, 6) is 0.466. The number of benzene rings is 2. The first kappa shape index (κ1) is 15.5. The lowest BCUT2D eigenvalue weighted by Crippen LogP contribution is -2.20. The normalized spacial score (nSPS) is 12.2. The van der Waals surface area contributed by atoms with Crippen LogP contribution < -0.4 is 10.1 Å². The van der Waals surface area contributed by atoms with Gasteiger partial charge in [-0.1, -0.05) is 23.8 Å². The third kappa shape index (κ3) is 3.61. The zero-order chi connectivity index (χ0) is 15.4. The van der Waals surface area contributed by atoms with Crippen LogP contribution in [0.15, 0.2) is 36.4 Å². The lowest BCUT2D eigenvalue weighted by molar-refractivity contribution is 0.399. The first-order valence-corrected chi connectivity index (χ1v) is 7.12. The number of nitrogens with one attached hydrogen (secondary N) is 1. The van der Waals surface area contributed by atoms with E-state index >= 15 is 0 Å². The second-order valence-electron chi connectivity index (χ2n) is 5.36. The molecule has 0 aliphatic rings. The summed E-state index contributed by atoms with van der Waals surface area (Å²) in [6.07, 6.45) is 0.795. The van der Waals surface area contributed by atoms with Crippen molar-refractivity contribution in [1.29, 1.82) is 0 Å². The van der Waals surface area contributed by atoms with E-state index in [9.17, 15) is 4.39 Å². The molecule has 0 aliphatic carbocycles. The summed E-state index contributed by atoms with van der Waals surface area (Å²) in [5.41, 5.74) is 4.59. The molecule has 0 fully saturated rings. The maximum Gasteiger partial charge on any atom is 0.123 e. The van der Waals surface area contributed by atoms with Crippen LogP contribution in [0.1, 0.15) is 28.3 Å². The van der Waals surface area contributed by atoms with Crippen molar-refractivity contribution in [2.24, 2.45) is 0 Å². The summed E-state index contributed by atoms with van der Waals surface area (Å²) >= 11 is 0. The molecule has 3 heteroatoms. The molecule has 21 heavy (non-hydrogen) atoms. The van der Waals surface area contributed by atoms with Gasteiger partial charge < -0.3 is 10.1 Å². The van der Waals surface area contributed by atoms with E-state index in [1.807, 2.05) is 7.05 Å². The van der Waals surface area contributed by atoms with Gasteiger partial charge in [-0.3, -0.25) is 0 Å². The Morgan fingerprint density at radius 1 is 1.14 bits per heavy atom. The number of likely N-dealkylation sites (N-methyl/N-ethyl adjacent to an activating group) is 1. The fourth-order valence-corrected chi connectivity index (χ4v) is 2.59. The maximum absolute atomic E-state index is 13.6. The molecule has 0 aliphatic heterocycles. The standard InChI is InChI=1S/C18H22FNO/c1-12-5-6-13(2)14(9-12)10-17(20-3)16-11-15(19)7-8-18(16)21-4/h5-9,11,17,20H,10H2,1-4H3. The average molecular weight is 287 g/mol. The van der Waals surface area contributed by atoms with Crippen molar-refractivity contribution in [2.45, 2.75) is 26.3 Å². The summed E-state index contributed by atoms with van der Waals surface area (Å²) in [6.45, 7) is 4.18. The molecule has 0 spiro atoms. The minimum absolute atomic E-state index is 0.0103. The minimum Gasteiger partial charge on any atom is -0.496 e. The second kappa shape index (κ2) is 6.72. The van der Waals surface area contributed by atoms with E-state index in [1.54, 1.807) is 19.2 Å². The van der Waals surface area contributed by atoms with Gasteiger partial charge in [0, 0.05) is 11.6 Å². The largest absolute Gasteiger partial charge is 0.496 e. The van der Waals surface area contributed by atoms with Gasteiger partial charge >= 0.3 is 0 Å². The molecule has 1 unspecified atom stereocenters. The van der Waals surface area contributed by atoms with Gasteiger partial charge in [-0.25, -0.2) is 4.39 Å². The van der Waals surface area contributed by atoms with Gasteiger partial charge in [0.25, 0.3) is 0 Å². The zero-order valence-electron chi connectivity index (χ0n) is 13.0. The van der Waals surface area contributed by atoms with Crippen LogP contribution in [0.4, 0.5) is 4.39 Å². The van der Waals surface area contributed by atoms with Crippen LogP contribution in [-0.2, 0) is 6.42 Å². The van der Waals surface area contributed by atoms with Crippen LogP contribution >= 0.6 is 0 Å². The number of aryl methyl sites for hydroxylation is 2. The van der Waals surface area contributed by atoms with Crippen LogP contribution in [0.25, 0.3) is 0 Å². The summed E-state index contributed by atoms with van der Waals surface area (Å²) in [7, 11) is 3.50. The van der Waals surface area contributed by atoms with E-state index in [4.69, 9.17) is 4.74 Å². The topological polar surface area (TPSA) is 21.3 Å². The number of halogens is 1. The molecule has 2 aromatic carbocycles.